The third-order valence-electron chi connectivity index (χ3n) is 2.56. The van der Waals surface area contributed by atoms with Crippen molar-refractivity contribution in [3.63, 3.8) is 0 Å². The van der Waals surface area contributed by atoms with Crippen molar-refractivity contribution in [3.8, 4) is 0 Å². The number of fused-ring (bicyclic) bond motifs is 1. The summed E-state index contributed by atoms with van der Waals surface area (Å²) in [5, 5.41) is 0. The van der Waals surface area contributed by atoms with Crippen molar-refractivity contribution in [2.45, 2.75) is 26.2 Å². The maximum Gasteiger partial charge on any atom is 0.0989 e. The summed E-state index contributed by atoms with van der Waals surface area (Å²) in [6.45, 7) is 5.85. The van der Waals surface area contributed by atoms with Gasteiger partial charge in [-0.05, 0) is 18.8 Å². The highest BCUT2D eigenvalue weighted by Gasteiger charge is 2.21. The summed E-state index contributed by atoms with van der Waals surface area (Å²) >= 11 is 0. The second kappa shape index (κ2) is 2.84. The Labute approximate surface area is 68.3 Å². The number of piperidine rings is 1. The maximum absolute atomic E-state index is 4.58. The van der Waals surface area contributed by atoms with Gasteiger partial charge in [0.2, 0.25) is 0 Å². The Morgan fingerprint density at radius 2 is 2.36 bits per heavy atom. The molecule has 1 atom stereocenters. The minimum Gasteiger partial charge on any atom is -0.360 e. The highest BCUT2D eigenvalue weighted by Crippen LogP contribution is 2.17. The van der Waals surface area contributed by atoms with E-state index in [-0.39, 0.29) is 0 Å². The van der Waals surface area contributed by atoms with Crippen molar-refractivity contribution < 1.29 is 0 Å². The van der Waals surface area contributed by atoms with Crippen molar-refractivity contribution >= 4 is 5.84 Å². The molecule has 0 aromatic heterocycles. The molecule has 2 rings (SSSR count). The van der Waals surface area contributed by atoms with Gasteiger partial charge >= 0.3 is 0 Å². The van der Waals surface area contributed by atoms with Crippen LogP contribution in [0.2, 0.25) is 0 Å². The van der Waals surface area contributed by atoms with Crippen LogP contribution in [0.1, 0.15) is 26.2 Å². The Balaban J connectivity index is 2.08. The number of rotatable bonds is 0. The second-order valence-corrected chi connectivity index (χ2v) is 3.77. The van der Waals surface area contributed by atoms with Crippen LogP contribution in [0, 0.1) is 5.92 Å². The summed E-state index contributed by atoms with van der Waals surface area (Å²) in [6.07, 6.45) is 3.95. The molecule has 0 spiro atoms. The fourth-order valence-electron chi connectivity index (χ4n) is 1.94. The van der Waals surface area contributed by atoms with Crippen molar-refractivity contribution in [2.24, 2.45) is 10.9 Å². The fraction of sp³-hybridized carbons (Fsp3) is 0.889. The van der Waals surface area contributed by atoms with Crippen molar-refractivity contribution in [1.82, 2.24) is 4.90 Å². The van der Waals surface area contributed by atoms with Crippen LogP contribution in [0.15, 0.2) is 4.99 Å². The average Bonchev–Trinajstić information content (AvgIpc) is 2.04. The topological polar surface area (TPSA) is 15.6 Å². The van der Waals surface area contributed by atoms with E-state index in [0.717, 1.165) is 12.5 Å². The molecule has 1 saturated heterocycles. The molecule has 0 aliphatic carbocycles. The minimum absolute atomic E-state index is 0.775. The van der Waals surface area contributed by atoms with E-state index in [1.165, 1.54) is 38.2 Å². The van der Waals surface area contributed by atoms with Crippen molar-refractivity contribution in [2.75, 3.05) is 19.6 Å². The molecule has 0 N–H and O–H groups in total. The van der Waals surface area contributed by atoms with Crippen molar-refractivity contribution in [3.05, 3.63) is 0 Å². The van der Waals surface area contributed by atoms with Gasteiger partial charge in [0.15, 0.2) is 0 Å². The highest BCUT2D eigenvalue weighted by molar-refractivity contribution is 5.83. The zero-order valence-electron chi connectivity index (χ0n) is 7.21. The van der Waals surface area contributed by atoms with E-state index < -0.39 is 0 Å². The predicted molar refractivity (Wildman–Crippen MR) is 46.9 cm³/mol. The third-order valence-corrected chi connectivity index (χ3v) is 2.56. The summed E-state index contributed by atoms with van der Waals surface area (Å²) in [7, 11) is 0. The molecule has 0 saturated carbocycles. The second-order valence-electron chi connectivity index (χ2n) is 3.77. The summed E-state index contributed by atoms with van der Waals surface area (Å²) in [4.78, 5) is 7.04. The van der Waals surface area contributed by atoms with Gasteiger partial charge in [0, 0.05) is 26.1 Å². The van der Waals surface area contributed by atoms with Crippen LogP contribution < -0.4 is 0 Å². The molecule has 0 radical (unpaired) electrons. The lowest BCUT2D eigenvalue weighted by Gasteiger charge is -2.35. The summed E-state index contributed by atoms with van der Waals surface area (Å²) < 4.78 is 0. The van der Waals surface area contributed by atoms with Gasteiger partial charge in [-0.3, -0.25) is 4.99 Å². The van der Waals surface area contributed by atoms with Crippen molar-refractivity contribution in [1.29, 1.82) is 0 Å². The van der Waals surface area contributed by atoms with Gasteiger partial charge in [-0.1, -0.05) is 6.92 Å². The highest BCUT2D eigenvalue weighted by atomic mass is 15.2. The number of hydrogen-bond acceptors (Lipinski definition) is 2. The first-order valence-corrected chi connectivity index (χ1v) is 4.64. The molecule has 62 valence electrons. The molecule has 1 fully saturated rings. The first kappa shape index (κ1) is 7.14. The molecule has 0 bridgehead atoms. The fourth-order valence-corrected chi connectivity index (χ4v) is 1.94. The largest absolute Gasteiger partial charge is 0.360 e. The molecule has 11 heavy (non-hydrogen) atoms. The average molecular weight is 152 g/mol. The van der Waals surface area contributed by atoms with Gasteiger partial charge < -0.3 is 4.90 Å². The van der Waals surface area contributed by atoms with Gasteiger partial charge in [-0.2, -0.15) is 0 Å². The van der Waals surface area contributed by atoms with Gasteiger partial charge in [-0.25, -0.2) is 0 Å². The molecule has 0 aromatic carbocycles. The Morgan fingerprint density at radius 1 is 1.45 bits per heavy atom. The number of nitrogens with zero attached hydrogens (tertiary/aromatic N) is 2. The standard InChI is InChI=1S/C9H16N2/c1-8-6-10-9-4-2-3-5-11(9)7-8/h8H,2-7H2,1H3. The summed E-state index contributed by atoms with van der Waals surface area (Å²) in [6, 6.07) is 0. The molecule has 2 nitrogen and oxygen atoms in total. The van der Waals surface area contributed by atoms with E-state index in [1.807, 2.05) is 0 Å². The molecular weight excluding hydrogens is 136 g/mol. The van der Waals surface area contributed by atoms with Crippen LogP contribution in [-0.2, 0) is 0 Å². The molecular formula is C9H16N2. The van der Waals surface area contributed by atoms with E-state index in [1.54, 1.807) is 0 Å². The van der Waals surface area contributed by atoms with Gasteiger partial charge in [0.05, 0.1) is 5.84 Å². The van der Waals surface area contributed by atoms with E-state index in [0.29, 0.717) is 0 Å². The predicted octanol–water partition coefficient (Wildman–Crippen LogP) is 1.52. The Kier molecular flexibility index (Phi) is 1.84. The monoisotopic (exact) mass is 152 g/mol. The normalized spacial score (nSPS) is 31.2. The molecule has 2 heteroatoms. The molecule has 2 heterocycles. The van der Waals surface area contributed by atoms with Gasteiger partial charge in [-0.15, -0.1) is 0 Å². The molecule has 2 aliphatic rings. The van der Waals surface area contributed by atoms with Crippen LogP contribution in [-0.4, -0.2) is 30.4 Å². The maximum atomic E-state index is 4.58. The third kappa shape index (κ3) is 1.39. The molecule has 0 aromatic rings. The van der Waals surface area contributed by atoms with Crippen LogP contribution >= 0.6 is 0 Å². The lowest BCUT2D eigenvalue weighted by Crippen LogP contribution is -2.42. The van der Waals surface area contributed by atoms with Gasteiger partial charge in [0.1, 0.15) is 0 Å². The Bertz CT molecular complexity index is 174. The first-order chi connectivity index (χ1) is 5.36. The van der Waals surface area contributed by atoms with Crippen LogP contribution in [0.4, 0.5) is 0 Å². The molecule has 1 unspecified atom stereocenters. The molecule has 0 amide bonds. The molecule has 2 aliphatic heterocycles. The number of aliphatic imine (C=N–C) groups is 1. The zero-order valence-corrected chi connectivity index (χ0v) is 7.21. The number of hydrogen-bond donors (Lipinski definition) is 0. The zero-order chi connectivity index (χ0) is 7.68. The van der Waals surface area contributed by atoms with E-state index in [9.17, 15) is 0 Å². The van der Waals surface area contributed by atoms with Crippen LogP contribution in [0.25, 0.3) is 0 Å². The summed E-state index contributed by atoms with van der Waals surface area (Å²) in [5.74, 6) is 2.16. The lowest BCUT2D eigenvalue weighted by atomic mass is 10.0. The van der Waals surface area contributed by atoms with Gasteiger partial charge in [0.25, 0.3) is 0 Å². The van der Waals surface area contributed by atoms with Crippen LogP contribution in [0.3, 0.4) is 0 Å². The van der Waals surface area contributed by atoms with E-state index >= 15 is 0 Å². The lowest BCUT2D eigenvalue weighted by molar-refractivity contribution is 0.302. The van der Waals surface area contributed by atoms with Crippen LogP contribution in [0.5, 0.6) is 0 Å². The van der Waals surface area contributed by atoms with E-state index in [4.69, 9.17) is 0 Å². The Morgan fingerprint density at radius 3 is 3.27 bits per heavy atom. The SMILES string of the molecule is CC1CN=C2CCCCN2C1. The minimum atomic E-state index is 0.775. The van der Waals surface area contributed by atoms with E-state index in [2.05, 4.69) is 16.8 Å². The number of amidine groups is 1. The summed E-state index contributed by atoms with van der Waals surface area (Å²) in [5.41, 5.74) is 0. The smallest absolute Gasteiger partial charge is 0.0989 e. The first-order valence-electron chi connectivity index (χ1n) is 4.64. The quantitative estimate of drug-likeness (QED) is 0.514. The Hall–Kier alpha value is -0.530.